The Kier molecular flexibility index (Phi) is 4.55. The molecule has 1 heterocycles. The third-order valence-corrected chi connectivity index (χ3v) is 3.87. The van der Waals surface area contributed by atoms with Crippen molar-refractivity contribution in [3.05, 3.63) is 23.5 Å². The van der Waals surface area contributed by atoms with Crippen LogP contribution in [0.1, 0.15) is 45.2 Å². The molecule has 2 rings (SSSR count). The van der Waals surface area contributed by atoms with Crippen molar-refractivity contribution in [3.8, 4) is 11.4 Å². The second-order valence-electron chi connectivity index (χ2n) is 5.74. The Morgan fingerprint density at radius 3 is 2.71 bits per heavy atom. The molecule has 2 aromatic rings. The average Bonchev–Trinajstić information content (AvgIpc) is 2.91. The highest BCUT2D eigenvalue weighted by molar-refractivity contribution is 5.63. The number of nitrogens with two attached hydrogens (primary N) is 1. The van der Waals surface area contributed by atoms with Crippen LogP contribution in [-0.4, -0.2) is 20.2 Å². The molecule has 5 nitrogen and oxygen atoms in total. The van der Waals surface area contributed by atoms with Crippen LogP contribution >= 0.6 is 0 Å². The number of hydrogen-bond donors (Lipinski definition) is 1. The van der Waals surface area contributed by atoms with Crippen molar-refractivity contribution >= 4 is 5.69 Å². The van der Waals surface area contributed by atoms with E-state index in [9.17, 15) is 4.39 Å². The zero-order chi connectivity index (χ0) is 15.6. The normalized spacial score (nSPS) is 14.1. The standard InChI is InChI=1S/C15H22FN5/c1-5-9(2)6-11(4)21-15(18-19-20-21)13-8-12(17)7-10(3)14(13)16/h7-9,11H,5-6,17H2,1-4H3. The number of aromatic nitrogens is 4. The van der Waals surface area contributed by atoms with E-state index in [1.54, 1.807) is 23.7 Å². The molecule has 0 saturated carbocycles. The molecular formula is C15H22FN5. The first-order chi connectivity index (χ1) is 9.93. The molecule has 114 valence electrons. The van der Waals surface area contributed by atoms with Crippen molar-refractivity contribution < 1.29 is 4.39 Å². The number of hydrogen-bond acceptors (Lipinski definition) is 4. The maximum atomic E-state index is 14.4. The van der Waals surface area contributed by atoms with Crippen molar-refractivity contribution in [3.63, 3.8) is 0 Å². The van der Waals surface area contributed by atoms with Crippen molar-refractivity contribution in [2.24, 2.45) is 5.92 Å². The number of tetrazole rings is 1. The summed E-state index contributed by atoms with van der Waals surface area (Å²) in [4.78, 5) is 0. The first-order valence-corrected chi connectivity index (χ1v) is 7.27. The summed E-state index contributed by atoms with van der Waals surface area (Å²) in [6.45, 7) is 8.07. The summed E-state index contributed by atoms with van der Waals surface area (Å²) in [7, 11) is 0. The number of nitrogen functional groups attached to an aromatic ring is 1. The molecule has 1 aromatic carbocycles. The van der Waals surface area contributed by atoms with Gasteiger partial charge in [0.2, 0.25) is 0 Å². The molecule has 0 spiro atoms. The van der Waals surface area contributed by atoms with Gasteiger partial charge in [-0.1, -0.05) is 20.3 Å². The van der Waals surface area contributed by atoms with Gasteiger partial charge < -0.3 is 5.73 Å². The van der Waals surface area contributed by atoms with Crippen LogP contribution in [0.25, 0.3) is 11.4 Å². The Morgan fingerprint density at radius 2 is 2.05 bits per heavy atom. The van der Waals surface area contributed by atoms with Gasteiger partial charge in [-0.2, -0.15) is 0 Å². The van der Waals surface area contributed by atoms with Crippen molar-refractivity contribution in [1.82, 2.24) is 20.2 Å². The highest BCUT2D eigenvalue weighted by Crippen LogP contribution is 2.28. The summed E-state index contributed by atoms with van der Waals surface area (Å²) >= 11 is 0. The van der Waals surface area contributed by atoms with Gasteiger partial charge in [0.15, 0.2) is 5.82 Å². The van der Waals surface area contributed by atoms with E-state index in [4.69, 9.17) is 5.73 Å². The Morgan fingerprint density at radius 1 is 1.33 bits per heavy atom. The topological polar surface area (TPSA) is 69.6 Å². The zero-order valence-electron chi connectivity index (χ0n) is 13.0. The third kappa shape index (κ3) is 3.20. The molecule has 0 amide bonds. The van der Waals surface area contributed by atoms with Gasteiger partial charge in [-0.25, -0.2) is 9.07 Å². The first kappa shape index (κ1) is 15.4. The van der Waals surface area contributed by atoms with Gasteiger partial charge in [0.05, 0.1) is 11.6 Å². The minimum Gasteiger partial charge on any atom is -0.399 e. The molecule has 0 aliphatic rings. The SMILES string of the molecule is CCC(C)CC(C)n1nnnc1-c1cc(N)cc(C)c1F. The highest BCUT2D eigenvalue weighted by atomic mass is 19.1. The maximum absolute atomic E-state index is 14.4. The fourth-order valence-electron chi connectivity index (χ4n) is 2.48. The number of nitrogens with zero attached hydrogens (tertiary/aromatic N) is 4. The second kappa shape index (κ2) is 6.20. The predicted molar refractivity (Wildman–Crippen MR) is 81.1 cm³/mol. The highest BCUT2D eigenvalue weighted by Gasteiger charge is 2.20. The molecular weight excluding hydrogens is 269 g/mol. The Hall–Kier alpha value is -1.98. The number of anilines is 1. The smallest absolute Gasteiger partial charge is 0.185 e. The van der Waals surface area contributed by atoms with Crippen molar-refractivity contribution in [2.45, 2.75) is 46.6 Å². The lowest BCUT2D eigenvalue weighted by molar-refractivity contribution is 0.371. The molecule has 6 heteroatoms. The predicted octanol–water partition coefficient (Wildman–Crippen LogP) is 3.37. The van der Waals surface area contributed by atoms with E-state index in [0.717, 1.165) is 12.8 Å². The van der Waals surface area contributed by atoms with Gasteiger partial charge >= 0.3 is 0 Å². The summed E-state index contributed by atoms with van der Waals surface area (Å²) < 4.78 is 16.0. The molecule has 1 aromatic heterocycles. The second-order valence-corrected chi connectivity index (χ2v) is 5.74. The van der Waals surface area contributed by atoms with E-state index in [1.807, 2.05) is 6.92 Å². The quantitative estimate of drug-likeness (QED) is 0.857. The Labute approximate surface area is 124 Å². The van der Waals surface area contributed by atoms with Gasteiger partial charge in [-0.05, 0) is 54.3 Å². The molecule has 2 unspecified atom stereocenters. The van der Waals surface area contributed by atoms with Gasteiger partial charge in [-0.15, -0.1) is 5.10 Å². The molecule has 2 N–H and O–H groups in total. The van der Waals surface area contributed by atoms with Gasteiger partial charge in [0.1, 0.15) is 5.82 Å². The van der Waals surface area contributed by atoms with E-state index >= 15 is 0 Å². The van der Waals surface area contributed by atoms with Crippen LogP contribution < -0.4 is 5.73 Å². The van der Waals surface area contributed by atoms with Gasteiger partial charge in [0, 0.05) is 5.69 Å². The van der Waals surface area contributed by atoms with Crippen molar-refractivity contribution in [1.29, 1.82) is 0 Å². The van der Waals surface area contributed by atoms with E-state index < -0.39 is 0 Å². The summed E-state index contributed by atoms with van der Waals surface area (Å²) in [6.07, 6.45) is 2.03. The fraction of sp³-hybridized carbons (Fsp3) is 0.533. The Balaban J connectivity index is 2.41. The van der Waals surface area contributed by atoms with Crippen LogP contribution in [-0.2, 0) is 0 Å². The van der Waals surface area contributed by atoms with Crippen LogP contribution in [0.2, 0.25) is 0 Å². The largest absolute Gasteiger partial charge is 0.399 e. The molecule has 21 heavy (non-hydrogen) atoms. The third-order valence-electron chi connectivity index (χ3n) is 3.87. The van der Waals surface area contributed by atoms with E-state index in [2.05, 4.69) is 29.4 Å². The van der Waals surface area contributed by atoms with E-state index in [0.29, 0.717) is 28.6 Å². The zero-order valence-corrected chi connectivity index (χ0v) is 13.0. The van der Waals surface area contributed by atoms with Crippen LogP contribution in [0.4, 0.5) is 10.1 Å². The summed E-state index contributed by atoms with van der Waals surface area (Å²) in [5.74, 6) is 0.666. The van der Waals surface area contributed by atoms with Gasteiger partial charge in [0.25, 0.3) is 0 Å². The van der Waals surface area contributed by atoms with E-state index in [1.165, 1.54) is 0 Å². The minimum absolute atomic E-state index is 0.103. The molecule has 0 radical (unpaired) electrons. The van der Waals surface area contributed by atoms with Crippen LogP contribution in [0.3, 0.4) is 0 Å². The lowest BCUT2D eigenvalue weighted by Crippen LogP contribution is -2.13. The number of aryl methyl sites for hydroxylation is 1. The molecule has 2 atom stereocenters. The summed E-state index contributed by atoms with van der Waals surface area (Å²) in [5.41, 5.74) is 7.18. The molecule has 0 bridgehead atoms. The number of rotatable bonds is 5. The monoisotopic (exact) mass is 291 g/mol. The van der Waals surface area contributed by atoms with Crippen LogP contribution in [0.5, 0.6) is 0 Å². The molecule has 0 aliphatic carbocycles. The lowest BCUT2D eigenvalue weighted by Gasteiger charge is -2.17. The molecule has 0 saturated heterocycles. The fourth-order valence-corrected chi connectivity index (χ4v) is 2.48. The maximum Gasteiger partial charge on any atom is 0.185 e. The molecule has 0 fully saturated rings. The molecule has 0 aliphatic heterocycles. The number of benzene rings is 1. The van der Waals surface area contributed by atoms with Crippen molar-refractivity contribution in [2.75, 3.05) is 5.73 Å². The number of halogens is 1. The van der Waals surface area contributed by atoms with Crippen LogP contribution in [0.15, 0.2) is 12.1 Å². The summed E-state index contributed by atoms with van der Waals surface area (Å²) in [5, 5.41) is 11.7. The Bertz CT molecular complexity index is 623. The lowest BCUT2D eigenvalue weighted by atomic mass is 10.00. The minimum atomic E-state index is -0.323. The van der Waals surface area contributed by atoms with Crippen LogP contribution in [0, 0.1) is 18.7 Å². The van der Waals surface area contributed by atoms with E-state index in [-0.39, 0.29) is 11.9 Å². The summed E-state index contributed by atoms with van der Waals surface area (Å²) in [6, 6.07) is 3.29. The van der Waals surface area contributed by atoms with Gasteiger partial charge in [-0.3, -0.25) is 0 Å². The first-order valence-electron chi connectivity index (χ1n) is 7.27. The average molecular weight is 291 g/mol.